The largest absolute Gasteiger partial charge is 0.459 e. The molecule has 0 saturated heterocycles. The number of rotatable bonds is 4. The smallest absolute Gasteiger partial charge is 0.303 e. The van der Waals surface area contributed by atoms with Crippen molar-refractivity contribution >= 4 is 5.97 Å². The number of carbonyl (C=O) groups excluding carboxylic acids is 1. The molecule has 4 rings (SSSR count). The van der Waals surface area contributed by atoms with E-state index in [9.17, 15) is 4.79 Å². The van der Waals surface area contributed by atoms with Crippen molar-refractivity contribution < 1.29 is 9.53 Å². The zero-order valence-corrected chi connectivity index (χ0v) is 14.0. The summed E-state index contributed by atoms with van der Waals surface area (Å²) in [5.41, 5.74) is 0.534. The molecule has 4 aliphatic carbocycles. The number of carbonyl (C=O) groups is 1. The van der Waals surface area contributed by atoms with Crippen molar-refractivity contribution in [2.24, 2.45) is 17.3 Å². The molecule has 21 heavy (non-hydrogen) atoms. The molecule has 0 radical (unpaired) electrons. The van der Waals surface area contributed by atoms with Gasteiger partial charge < -0.3 is 4.74 Å². The number of esters is 1. The first-order valence-corrected chi connectivity index (χ1v) is 9.27. The Kier molecular flexibility index (Phi) is 4.34. The molecular formula is C19H32O2. The average molecular weight is 292 g/mol. The van der Waals surface area contributed by atoms with Crippen LogP contribution >= 0.6 is 0 Å². The Morgan fingerprint density at radius 3 is 2.05 bits per heavy atom. The summed E-state index contributed by atoms with van der Waals surface area (Å²) in [5.74, 6) is 1.89. The predicted octanol–water partition coefficient (Wildman–Crippen LogP) is 5.25. The maximum Gasteiger partial charge on any atom is 0.303 e. The first kappa shape index (κ1) is 15.4. The van der Waals surface area contributed by atoms with Crippen LogP contribution < -0.4 is 0 Å². The normalized spacial score (nSPS) is 42.8. The van der Waals surface area contributed by atoms with Gasteiger partial charge in [0.15, 0.2) is 0 Å². The van der Waals surface area contributed by atoms with Gasteiger partial charge >= 0.3 is 5.97 Å². The summed E-state index contributed by atoms with van der Waals surface area (Å²) in [6.45, 7) is 3.89. The molecule has 0 aliphatic heterocycles. The number of hydrogen-bond donors (Lipinski definition) is 0. The monoisotopic (exact) mass is 292 g/mol. The third-order valence-corrected chi connectivity index (χ3v) is 7.01. The van der Waals surface area contributed by atoms with E-state index >= 15 is 0 Å². The van der Waals surface area contributed by atoms with Crippen LogP contribution in [0.3, 0.4) is 0 Å². The topological polar surface area (TPSA) is 26.3 Å². The molecule has 4 saturated carbocycles. The molecule has 2 bridgehead atoms. The molecule has 0 aromatic rings. The van der Waals surface area contributed by atoms with E-state index in [0.717, 1.165) is 31.1 Å². The molecule has 0 N–H and O–H groups in total. The van der Waals surface area contributed by atoms with E-state index in [1.165, 1.54) is 57.8 Å². The summed E-state index contributed by atoms with van der Waals surface area (Å²) < 4.78 is 5.71. The van der Waals surface area contributed by atoms with Crippen LogP contribution in [0.25, 0.3) is 0 Å². The Hall–Kier alpha value is -0.530. The zero-order valence-electron chi connectivity index (χ0n) is 14.0. The van der Waals surface area contributed by atoms with Crippen LogP contribution in [-0.2, 0) is 9.53 Å². The quantitative estimate of drug-likeness (QED) is 0.662. The molecule has 2 nitrogen and oxygen atoms in total. The molecule has 0 aromatic heterocycles. The van der Waals surface area contributed by atoms with E-state index in [1.54, 1.807) is 6.92 Å². The van der Waals surface area contributed by atoms with Crippen molar-refractivity contribution in [3.05, 3.63) is 0 Å². The van der Waals surface area contributed by atoms with E-state index in [4.69, 9.17) is 4.74 Å². The molecule has 0 heterocycles. The fraction of sp³-hybridized carbons (Fsp3) is 0.947. The van der Waals surface area contributed by atoms with Crippen molar-refractivity contribution in [3.8, 4) is 0 Å². The number of fused-ring (bicyclic) bond motifs is 3. The third-order valence-electron chi connectivity index (χ3n) is 7.01. The van der Waals surface area contributed by atoms with Crippen LogP contribution in [0, 0.1) is 17.3 Å². The minimum absolute atomic E-state index is 0.0764. The van der Waals surface area contributed by atoms with E-state index in [-0.39, 0.29) is 11.6 Å². The van der Waals surface area contributed by atoms with Crippen LogP contribution in [0.4, 0.5) is 0 Å². The van der Waals surface area contributed by atoms with Crippen molar-refractivity contribution in [1.29, 1.82) is 0 Å². The predicted molar refractivity (Wildman–Crippen MR) is 85.0 cm³/mol. The van der Waals surface area contributed by atoms with Crippen LogP contribution in [0.1, 0.15) is 90.9 Å². The summed E-state index contributed by atoms with van der Waals surface area (Å²) in [6.07, 6.45) is 16.0. The molecule has 0 aromatic carbocycles. The first-order chi connectivity index (χ1) is 10.1. The molecule has 0 unspecified atom stereocenters. The molecule has 0 atom stereocenters. The SMILES string of the molecule is CCC[C@H]1CC[C@H](C23CCC(OC(C)=O)(CC2)CC3)CC1. The highest BCUT2D eigenvalue weighted by Crippen LogP contribution is 2.60. The van der Waals surface area contributed by atoms with Crippen LogP contribution in [0.15, 0.2) is 0 Å². The van der Waals surface area contributed by atoms with Gasteiger partial charge in [0.25, 0.3) is 0 Å². The van der Waals surface area contributed by atoms with Gasteiger partial charge in [0, 0.05) is 6.92 Å². The maximum absolute atomic E-state index is 11.4. The number of hydrogen-bond acceptors (Lipinski definition) is 2. The van der Waals surface area contributed by atoms with E-state index in [0.29, 0.717) is 5.41 Å². The van der Waals surface area contributed by atoms with E-state index in [1.807, 2.05) is 0 Å². The minimum Gasteiger partial charge on any atom is -0.459 e. The fourth-order valence-corrected chi connectivity index (χ4v) is 5.72. The van der Waals surface area contributed by atoms with Gasteiger partial charge in [-0.05, 0) is 68.6 Å². The maximum atomic E-state index is 11.4. The molecule has 0 amide bonds. The molecule has 4 aliphatic rings. The van der Waals surface area contributed by atoms with Crippen molar-refractivity contribution in [3.63, 3.8) is 0 Å². The van der Waals surface area contributed by atoms with E-state index in [2.05, 4.69) is 6.92 Å². The van der Waals surface area contributed by atoms with Crippen LogP contribution in [0.5, 0.6) is 0 Å². The van der Waals surface area contributed by atoms with Crippen molar-refractivity contribution in [2.75, 3.05) is 0 Å². The Labute approximate surface area is 130 Å². The Morgan fingerprint density at radius 2 is 1.57 bits per heavy atom. The van der Waals surface area contributed by atoms with Gasteiger partial charge in [0.2, 0.25) is 0 Å². The fourth-order valence-electron chi connectivity index (χ4n) is 5.72. The average Bonchev–Trinajstić information content (AvgIpc) is 2.49. The summed E-state index contributed by atoms with van der Waals surface area (Å²) >= 11 is 0. The van der Waals surface area contributed by atoms with Gasteiger partial charge in [-0.15, -0.1) is 0 Å². The highest BCUT2D eigenvalue weighted by atomic mass is 16.6. The summed E-state index contributed by atoms with van der Waals surface area (Å²) in [4.78, 5) is 11.4. The number of ether oxygens (including phenoxy) is 1. The lowest BCUT2D eigenvalue weighted by Crippen LogP contribution is -2.51. The molecule has 120 valence electrons. The van der Waals surface area contributed by atoms with Gasteiger partial charge in [0.05, 0.1) is 0 Å². The molecule has 4 fully saturated rings. The van der Waals surface area contributed by atoms with E-state index < -0.39 is 0 Å². The summed E-state index contributed by atoms with van der Waals surface area (Å²) in [5, 5.41) is 0. The molecule has 0 spiro atoms. The first-order valence-electron chi connectivity index (χ1n) is 9.27. The zero-order chi connectivity index (χ0) is 14.9. The molecular weight excluding hydrogens is 260 g/mol. The highest BCUT2D eigenvalue weighted by Gasteiger charge is 2.53. The summed E-state index contributed by atoms with van der Waals surface area (Å²) in [7, 11) is 0. The van der Waals surface area contributed by atoms with Crippen LogP contribution in [0.2, 0.25) is 0 Å². The minimum atomic E-state index is -0.0792. The molecule has 2 heteroatoms. The van der Waals surface area contributed by atoms with Crippen LogP contribution in [-0.4, -0.2) is 11.6 Å². The van der Waals surface area contributed by atoms with Crippen molar-refractivity contribution in [2.45, 2.75) is 96.5 Å². The second-order valence-corrected chi connectivity index (χ2v) is 8.15. The summed E-state index contributed by atoms with van der Waals surface area (Å²) in [6, 6.07) is 0. The highest BCUT2D eigenvalue weighted by molar-refractivity contribution is 5.66. The van der Waals surface area contributed by atoms with Crippen molar-refractivity contribution in [1.82, 2.24) is 0 Å². The standard InChI is InChI=1S/C19H32O2/c1-3-4-16-5-7-17(8-6-16)18-9-12-19(13-10-18,14-11-18)21-15(2)20/h16-17H,3-14H2,1-2H3/t16-,17-,18?,19?. The lowest BCUT2D eigenvalue weighted by Gasteiger charge is -2.56. The van der Waals surface area contributed by atoms with Gasteiger partial charge in [-0.25, -0.2) is 0 Å². The Morgan fingerprint density at radius 1 is 1.00 bits per heavy atom. The third kappa shape index (κ3) is 3.00. The van der Waals surface area contributed by atoms with Gasteiger partial charge in [-0.1, -0.05) is 32.6 Å². The lowest BCUT2D eigenvalue weighted by molar-refractivity contribution is -0.179. The van der Waals surface area contributed by atoms with Gasteiger partial charge in [-0.3, -0.25) is 4.79 Å². The Balaban J connectivity index is 1.58. The lowest BCUT2D eigenvalue weighted by atomic mass is 9.51. The van der Waals surface area contributed by atoms with Gasteiger partial charge in [0.1, 0.15) is 5.60 Å². The van der Waals surface area contributed by atoms with Gasteiger partial charge in [-0.2, -0.15) is 0 Å². The second-order valence-electron chi connectivity index (χ2n) is 8.15. The Bertz CT molecular complexity index is 354. The second kappa shape index (κ2) is 5.93.